The van der Waals surface area contributed by atoms with Gasteiger partial charge in [-0.3, -0.25) is 4.90 Å². The minimum absolute atomic E-state index is 0.872. The van der Waals surface area contributed by atoms with E-state index in [9.17, 15) is 0 Å². The van der Waals surface area contributed by atoms with E-state index in [0.717, 1.165) is 45.9 Å². The van der Waals surface area contributed by atoms with Crippen molar-refractivity contribution in [3.05, 3.63) is 0 Å². The molecule has 1 aliphatic heterocycles. The molecule has 0 saturated carbocycles. The van der Waals surface area contributed by atoms with Crippen LogP contribution in [0.3, 0.4) is 0 Å². The van der Waals surface area contributed by atoms with Gasteiger partial charge in [-0.1, -0.05) is 0 Å². The molecule has 3 heteroatoms. The second-order valence-corrected chi connectivity index (χ2v) is 2.80. The fourth-order valence-corrected chi connectivity index (χ4v) is 1.26. The maximum atomic E-state index is 5.23. The fraction of sp³-hybridized carbons (Fsp3) is 1.00. The van der Waals surface area contributed by atoms with Crippen molar-refractivity contribution in [1.82, 2.24) is 4.90 Å². The van der Waals surface area contributed by atoms with Crippen LogP contribution in [-0.4, -0.2) is 51.5 Å². The second-order valence-electron chi connectivity index (χ2n) is 2.80. The molecule has 0 amide bonds. The van der Waals surface area contributed by atoms with E-state index < -0.39 is 0 Å². The van der Waals surface area contributed by atoms with Crippen LogP contribution in [0.2, 0.25) is 0 Å². The summed E-state index contributed by atoms with van der Waals surface area (Å²) in [5, 5.41) is 0. The molecule has 0 atom stereocenters. The van der Waals surface area contributed by atoms with Gasteiger partial charge in [0.1, 0.15) is 0 Å². The van der Waals surface area contributed by atoms with Crippen LogP contribution in [0.15, 0.2) is 0 Å². The normalized spacial score (nSPS) is 20.5. The molecule has 0 aromatic carbocycles. The highest BCUT2D eigenvalue weighted by molar-refractivity contribution is 4.60. The highest BCUT2D eigenvalue weighted by Gasteiger charge is 2.08. The van der Waals surface area contributed by atoms with Gasteiger partial charge in [-0.05, 0) is 6.42 Å². The van der Waals surface area contributed by atoms with E-state index in [4.69, 9.17) is 9.47 Å². The number of nitrogens with zero attached hydrogens (tertiary/aromatic N) is 1. The van der Waals surface area contributed by atoms with E-state index in [1.54, 1.807) is 7.11 Å². The highest BCUT2D eigenvalue weighted by Crippen LogP contribution is 1.97. The molecule has 1 saturated heterocycles. The Hall–Kier alpha value is -0.120. The largest absolute Gasteiger partial charge is 0.385 e. The van der Waals surface area contributed by atoms with Crippen LogP contribution in [0.4, 0.5) is 0 Å². The maximum Gasteiger partial charge on any atom is 0.0594 e. The number of ether oxygens (including phenoxy) is 2. The maximum absolute atomic E-state index is 5.23. The van der Waals surface area contributed by atoms with Crippen molar-refractivity contribution in [2.45, 2.75) is 6.42 Å². The molecule has 0 aliphatic carbocycles. The van der Waals surface area contributed by atoms with Crippen LogP contribution in [-0.2, 0) is 9.47 Å². The van der Waals surface area contributed by atoms with E-state index in [0.29, 0.717) is 0 Å². The Kier molecular flexibility index (Phi) is 4.50. The first-order chi connectivity index (χ1) is 5.43. The number of morpholine rings is 1. The quantitative estimate of drug-likeness (QED) is 0.553. The zero-order chi connectivity index (χ0) is 7.94. The Labute approximate surface area is 68.3 Å². The molecule has 1 fully saturated rings. The SMILES string of the molecule is COCCCN1CCOCC1. The van der Waals surface area contributed by atoms with Crippen LogP contribution in [0.5, 0.6) is 0 Å². The van der Waals surface area contributed by atoms with Crippen LogP contribution in [0.25, 0.3) is 0 Å². The average Bonchev–Trinajstić information content (AvgIpc) is 2.07. The van der Waals surface area contributed by atoms with Gasteiger partial charge in [0.15, 0.2) is 0 Å². The number of methoxy groups -OCH3 is 1. The molecule has 1 rings (SSSR count). The Morgan fingerprint density at radius 2 is 2.09 bits per heavy atom. The predicted molar refractivity (Wildman–Crippen MR) is 43.8 cm³/mol. The van der Waals surface area contributed by atoms with Gasteiger partial charge in [-0.2, -0.15) is 0 Å². The minimum atomic E-state index is 0.872. The smallest absolute Gasteiger partial charge is 0.0594 e. The van der Waals surface area contributed by atoms with Gasteiger partial charge in [0.25, 0.3) is 0 Å². The van der Waals surface area contributed by atoms with Crippen molar-refractivity contribution >= 4 is 0 Å². The Morgan fingerprint density at radius 1 is 1.36 bits per heavy atom. The number of hydrogen-bond donors (Lipinski definition) is 0. The first-order valence-corrected chi connectivity index (χ1v) is 4.22. The van der Waals surface area contributed by atoms with E-state index >= 15 is 0 Å². The summed E-state index contributed by atoms with van der Waals surface area (Å²) in [5.74, 6) is 0. The summed E-state index contributed by atoms with van der Waals surface area (Å²) in [6, 6.07) is 0. The standard InChI is InChI=1S/C8H17NO2/c1-10-6-2-3-9-4-7-11-8-5-9/h2-8H2,1H3. The molecule has 11 heavy (non-hydrogen) atoms. The molecule has 0 N–H and O–H groups in total. The first-order valence-electron chi connectivity index (χ1n) is 4.22. The van der Waals surface area contributed by atoms with Crippen molar-refractivity contribution < 1.29 is 9.47 Å². The average molecular weight is 159 g/mol. The van der Waals surface area contributed by atoms with Crippen molar-refractivity contribution in [2.75, 3.05) is 46.6 Å². The van der Waals surface area contributed by atoms with Gasteiger partial charge in [-0.15, -0.1) is 0 Å². The predicted octanol–water partition coefficient (Wildman–Crippen LogP) is 0.355. The van der Waals surface area contributed by atoms with Gasteiger partial charge >= 0.3 is 0 Å². The molecule has 1 aliphatic rings. The third kappa shape index (κ3) is 3.70. The summed E-state index contributed by atoms with van der Waals surface area (Å²) in [4.78, 5) is 2.42. The van der Waals surface area contributed by atoms with E-state index in [1.165, 1.54) is 0 Å². The van der Waals surface area contributed by atoms with Crippen LogP contribution in [0.1, 0.15) is 6.42 Å². The van der Waals surface area contributed by atoms with Gasteiger partial charge < -0.3 is 9.47 Å². The third-order valence-corrected chi connectivity index (χ3v) is 1.93. The zero-order valence-corrected chi connectivity index (χ0v) is 7.21. The van der Waals surface area contributed by atoms with Gasteiger partial charge in [0, 0.05) is 33.4 Å². The molecule has 0 bridgehead atoms. The summed E-state index contributed by atoms with van der Waals surface area (Å²) in [6.45, 7) is 5.99. The zero-order valence-electron chi connectivity index (χ0n) is 7.21. The monoisotopic (exact) mass is 159 g/mol. The topological polar surface area (TPSA) is 21.7 Å². The summed E-state index contributed by atoms with van der Waals surface area (Å²) >= 11 is 0. The second kappa shape index (κ2) is 5.52. The lowest BCUT2D eigenvalue weighted by molar-refractivity contribution is 0.0340. The van der Waals surface area contributed by atoms with Crippen LogP contribution in [0, 0.1) is 0 Å². The lowest BCUT2D eigenvalue weighted by Crippen LogP contribution is -2.37. The summed E-state index contributed by atoms with van der Waals surface area (Å²) in [5.41, 5.74) is 0. The number of hydrogen-bond acceptors (Lipinski definition) is 3. The fourth-order valence-electron chi connectivity index (χ4n) is 1.26. The van der Waals surface area contributed by atoms with E-state index in [-0.39, 0.29) is 0 Å². The molecule has 3 nitrogen and oxygen atoms in total. The molecular formula is C8H17NO2. The lowest BCUT2D eigenvalue weighted by atomic mass is 10.3. The molecule has 0 aromatic rings. The third-order valence-electron chi connectivity index (χ3n) is 1.93. The molecule has 0 radical (unpaired) electrons. The number of rotatable bonds is 4. The molecule has 1 heterocycles. The minimum Gasteiger partial charge on any atom is -0.385 e. The van der Waals surface area contributed by atoms with Crippen LogP contribution < -0.4 is 0 Å². The van der Waals surface area contributed by atoms with Crippen molar-refractivity contribution in [3.63, 3.8) is 0 Å². The lowest BCUT2D eigenvalue weighted by Gasteiger charge is -2.26. The van der Waals surface area contributed by atoms with Crippen molar-refractivity contribution in [1.29, 1.82) is 0 Å². The molecule has 0 spiro atoms. The Balaban J connectivity index is 1.96. The van der Waals surface area contributed by atoms with Gasteiger partial charge in [0.05, 0.1) is 13.2 Å². The van der Waals surface area contributed by atoms with Crippen molar-refractivity contribution in [2.24, 2.45) is 0 Å². The first kappa shape index (κ1) is 8.97. The summed E-state index contributed by atoms with van der Waals surface area (Å²) < 4.78 is 10.2. The van der Waals surface area contributed by atoms with Gasteiger partial charge in [0.2, 0.25) is 0 Å². The summed E-state index contributed by atoms with van der Waals surface area (Å²) in [6.07, 6.45) is 1.14. The Bertz CT molecular complexity index is 92.1. The van der Waals surface area contributed by atoms with E-state index in [1.807, 2.05) is 0 Å². The summed E-state index contributed by atoms with van der Waals surface area (Å²) in [7, 11) is 1.75. The van der Waals surface area contributed by atoms with Crippen molar-refractivity contribution in [3.8, 4) is 0 Å². The molecule has 0 aromatic heterocycles. The molecule has 66 valence electrons. The van der Waals surface area contributed by atoms with Gasteiger partial charge in [-0.25, -0.2) is 0 Å². The van der Waals surface area contributed by atoms with Crippen LogP contribution >= 0.6 is 0 Å². The highest BCUT2D eigenvalue weighted by atomic mass is 16.5. The van der Waals surface area contributed by atoms with E-state index in [2.05, 4.69) is 4.90 Å². The molecule has 0 unspecified atom stereocenters. The molecular weight excluding hydrogens is 142 g/mol. The Morgan fingerprint density at radius 3 is 2.73 bits per heavy atom.